The normalized spacial score (nSPS) is 15.7. The Bertz CT molecular complexity index is 788. The summed E-state index contributed by atoms with van der Waals surface area (Å²) in [6, 6.07) is 11.5. The summed E-state index contributed by atoms with van der Waals surface area (Å²) in [6.07, 6.45) is 0.982. The van der Waals surface area contributed by atoms with Gasteiger partial charge in [0.2, 0.25) is 6.79 Å². The maximum absolute atomic E-state index is 12.6. The van der Waals surface area contributed by atoms with Crippen molar-refractivity contribution in [3.63, 3.8) is 0 Å². The van der Waals surface area contributed by atoms with Gasteiger partial charge in [-0.1, -0.05) is 6.07 Å². The van der Waals surface area contributed by atoms with Crippen LogP contribution >= 0.6 is 0 Å². The SMILES string of the molecule is CC(NCc1ccc2c(c1)OCO2)C(=O)c1ccc2c(c1)CCN2. The molecule has 0 aromatic heterocycles. The lowest BCUT2D eigenvalue weighted by Crippen LogP contribution is -2.33. The highest BCUT2D eigenvalue weighted by Gasteiger charge is 2.19. The quantitative estimate of drug-likeness (QED) is 0.828. The maximum Gasteiger partial charge on any atom is 0.231 e. The van der Waals surface area contributed by atoms with E-state index >= 15 is 0 Å². The van der Waals surface area contributed by atoms with Gasteiger partial charge in [-0.05, 0) is 54.8 Å². The molecule has 1 atom stereocenters. The summed E-state index contributed by atoms with van der Waals surface area (Å²) in [7, 11) is 0. The topological polar surface area (TPSA) is 59.6 Å². The molecule has 0 fully saturated rings. The van der Waals surface area contributed by atoms with Gasteiger partial charge in [-0.2, -0.15) is 0 Å². The predicted molar refractivity (Wildman–Crippen MR) is 91.8 cm³/mol. The van der Waals surface area contributed by atoms with E-state index in [1.54, 1.807) is 0 Å². The van der Waals surface area contributed by atoms with Crippen molar-refractivity contribution in [3.8, 4) is 11.5 Å². The molecular formula is C19H20N2O3. The molecule has 0 radical (unpaired) electrons. The number of benzene rings is 2. The monoisotopic (exact) mass is 324 g/mol. The zero-order chi connectivity index (χ0) is 16.5. The van der Waals surface area contributed by atoms with Gasteiger partial charge in [0, 0.05) is 24.3 Å². The number of fused-ring (bicyclic) bond motifs is 2. The van der Waals surface area contributed by atoms with Crippen LogP contribution in [0.3, 0.4) is 0 Å². The van der Waals surface area contributed by atoms with Crippen LogP contribution in [-0.4, -0.2) is 25.2 Å². The summed E-state index contributed by atoms with van der Waals surface area (Å²) in [5.74, 6) is 1.65. The van der Waals surface area contributed by atoms with Crippen molar-refractivity contribution in [1.29, 1.82) is 0 Å². The molecule has 2 aromatic rings. The average molecular weight is 324 g/mol. The fourth-order valence-electron chi connectivity index (χ4n) is 3.12. The van der Waals surface area contributed by atoms with E-state index in [9.17, 15) is 4.79 Å². The van der Waals surface area contributed by atoms with Crippen LogP contribution < -0.4 is 20.1 Å². The molecule has 0 bridgehead atoms. The minimum Gasteiger partial charge on any atom is -0.454 e. The van der Waals surface area contributed by atoms with E-state index in [1.165, 1.54) is 5.56 Å². The summed E-state index contributed by atoms with van der Waals surface area (Å²) < 4.78 is 10.7. The molecule has 0 amide bonds. The van der Waals surface area contributed by atoms with Crippen molar-refractivity contribution in [1.82, 2.24) is 5.32 Å². The molecule has 2 aliphatic rings. The molecule has 0 saturated carbocycles. The van der Waals surface area contributed by atoms with Crippen LogP contribution in [0, 0.1) is 0 Å². The van der Waals surface area contributed by atoms with E-state index < -0.39 is 0 Å². The summed E-state index contributed by atoms with van der Waals surface area (Å²) >= 11 is 0. The average Bonchev–Trinajstić information content (AvgIpc) is 3.26. The molecule has 5 heteroatoms. The second-order valence-corrected chi connectivity index (χ2v) is 6.20. The smallest absolute Gasteiger partial charge is 0.231 e. The van der Waals surface area contributed by atoms with Crippen LogP contribution in [0.4, 0.5) is 5.69 Å². The van der Waals surface area contributed by atoms with Gasteiger partial charge in [-0.15, -0.1) is 0 Å². The Morgan fingerprint density at radius 2 is 2.08 bits per heavy atom. The third-order valence-electron chi connectivity index (χ3n) is 4.54. The lowest BCUT2D eigenvalue weighted by Gasteiger charge is -2.14. The molecule has 0 aliphatic carbocycles. The Hall–Kier alpha value is -2.53. The van der Waals surface area contributed by atoms with Gasteiger partial charge >= 0.3 is 0 Å². The molecule has 2 aromatic carbocycles. The number of anilines is 1. The van der Waals surface area contributed by atoms with Crippen LogP contribution in [0.1, 0.15) is 28.4 Å². The molecule has 2 heterocycles. The maximum atomic E-state index is 12.6. The van der Waals surface area contributed by atoms with Crippen molar-refractivity contribution in [2.24, 2.45) is 0 Å². The largest absolute Gasteiger partial charge is 0.454 e. The molecule has 5 nitrogen and oxygen atoms in total. The minimum absolute atomic E-state index is 0.116. The Balaban J connectivity index is 1.40. The van der Waals surface area contributed by atoms with Crippen LogP contribution in [0.5, 0.6) is 11.5 Å². The van der Waals surface area contributed by atoms with Crippen LogP contribution in [0.25, 0.3) is 0 Å². The number of carbonyl (C=O) groups excluding carboxylic acids is 1. The summed E-state index contributed by atoms with van der Waals surface area (Å²) in [5.41, 5.74) is 4.21. The number of hydrogen-bond donors (Lipinski definition) is 2. The highest BCUT2D eigenvalue weighted by Crippen LogP contribution is 2.32. The number of rotatable bonds is 5. The molecule has 124 valence electrons. The second-order valence-electron chi connectivity index (χ2n) is 6.20. The lowest BCUT2D eigenvalue weighted by atomic mass is 10.0. The van der Waals surface area contributed by atoms with Crippen LogP contribution in [-0.2, 0) is 13.0 Å². The van der Waals surface area contributed by atoms with Gasteiger partial charge in [0.05, 0.1) is 6.04 Å². The minimum atomic E-state index is -0.247. The number of nitrogens with one attached hydrogen (secondary N) is 2. The van der Waals surface area contributed by atoms with E-state index in [4.69, 9.17) is 9.47 Å². The van der Waals surface area contributed by atoms with Gasteiger partial charge in [0.1, 0.15) is 0 Å². The summed E-state index contributed by atoms with van der Waals surface area (Å²) in [4.78, 5) is 12.6. The molecule has 4 rings (SSSR count). The third kappa shape index (κ3) is 2.83. The highest BCUT2D eigenvalue weighted by molar-refractivity contribution is 6.00. The standard InChI is InChI=1S/C19H20N2O3/c1-12(19(22)15-3-4-16-14(9-15)6-7-20-16)21-10-13-2-5-17-18(8-13)24-11-23-17/h2-5,8-9,12,20-21H,6-7,10-11H2,1H3. The molecule has 2 N–H and O–H groups in total. The van der Waals surface area contributed by atoms with E-state index in [2.05, 4.69) is 10.6 Å². The first-order valence-electron chi connectivity index (χ1n) is 8.23. The number of ketones is 1. The summed E-state index contributed by atoms with van der Waals surface area (Å²) in [6.45, 7) is 3.73. The van der Waals surface area contributed by atoms with E-state index in [0.29, 0.717) is 6.54 Å². The predicted octanol–water partition coefficient (Wildman–Crippen LogP) is 2.74. The molecule has 24 heavy (non-hydrogen) atoms. The Kier molecular flexibility index (Phi) is 3.86. The van der Waals surface area contributed by atoms with Crippen molar-refractivity contribution in [3.05, 3.63) is 53.1 Å². The molecule has 0 spiro atoms. The second kappa shape index (κ2) is 6.17. The lowest BCUT2D eigenvalue weighted by molar-refractivity contribution is 0.0950. The zero-order valence-corrected chi connectivity index (χ0v) is 13.6. The van der Waals surface area contributed by atoms with Gasteiger partial charge in [0.25, 0.3) is 0 Å². The summed E-state index contributed by atoms with van der Waals surface area (Å²) in [5, 5.41) is 6.61. The van der Waals surface area contributed by atoms with E-state index in [-0.39, 0.29) is 18.6 Å². The van der Waals surface area contributed by atoms with Crippen molar-refractivity contribution in [2.45, 2.75) is 25.9 Å². The fourth-order valence-corrected chi connectivity index (χ4v) is 3.12. The Morgan fingerprint density at radius 3 is 3.00 bits per heavy atom. The highest BCUT2D eigenvalue weighted by atomic mass is 16.7. The van der Waals surface area contributed by atoms with Crippen molar-refractivity contribution in [2.75, 3.05) is 18.7 Å². The van der Waals surface area contributed by atoms with Gasteiger partial charge < -0.3 is 20.1 Å². The van der Waals surface area contributed by atoms with E-state index in [1.807, 2.05) is 43.3 Å². The first kappa shape index (κ1) is 15.0. The Morgan fingerprint density at radius 1 is 1.21 bits per heavy atom. The van der Waals surface area contributed by atoms with Gasteiger partial charge in [-0.3, -0.25) is 4.79 Å². The van der Waals surface area contributed by atoms with Crippen molar-refractivity contribution < 1.29 is 14.3 Å². The zero-order valence-electron chi connectivity index (χ0n) is 13.6. The van der Waals surface area contributed by atoms with Gasteiger partial charge in [-0.25, -0.2) is 0 Å². The molecule has 1 unspecified atom stereocenters. The number of hydrogen-bond acceptors (Lipinski definition) is 5. The molecule has 0 saturated heterocycles. The third-order valence-corrected chi connectivity index (χ3v) is 4.54. The van der Waals surface area contributed by atoms with E-state index in [0.717, 1.165) is 41.3 Å². The number of carbonyl (C=O) groups is 1. The van der Waals surface area contributed by atoms with Crippen molar-refractivity contribution >= 4 is 11.5 Å². The first-order valence-corrected chi connectivity index (χ1v) is 8.23. The fraction of sp³-hybridized carbons (Fsp3) is 0.316. The first-order chi connectivity index (χ1) is 11.7. The molecule has 2 aliphatic heterocycles. The van der Waals surface area contributed by atoms with Crippen LogP contribution in [0.15, 0.2) is 36.4 Å². The number of ether oxygens (including phenoxy) is 2. The number of Topliss-reactive ketones (excluding diaryl/α,β-unsaturated/α-hetero) is 1. The van der Waals surface area contributed by atoms with Crippen LogP contribution in [0.2, 0.25) is 0 Å². The molecular weight excluding hydrogens is 304 g/mol. The Labute approximate surface area is 141 Å². The van der Waals surface area contributed by atoms with Gasteiger partial charge in [0.15, 0.2) is 17.3 Å².